The van der Waals surface area contributed by atoms with E-state index in [0.29, 0.717) is 0 Å². The van der Waals surface area contributed by atoms with E-state index in [2.05, 4.69) is 98.3 Å². The Hall–Kier alpha value is -3.06. The second-order valence-electron chi connectivity index (χ2n) is 7.42. The quantitative estimate of drug-likeness (QED) is 0.324. The van der Waals surface area contributed by atoms with Gasteiger partial charge in [0.1, 0.15) is 0 Å². The van der Waals surface area contributed by atoms with Crippen LogP contribution < -0.4 is 0 Å². The molecule has 0 amide bonds. The van der Waals surface area contributed by atoms with Crippen LogP contribution in [0.4, 0.5) is 0 Å². The molecule has 0 N–H and O–H groups in total. The largest absolute Gasteiger partial charge is 0.347 e. The van der Waals surface area contributed by atoms with Crippen LogP contribution in [0.15, 0.2) is 72.8 Å². The molecule has 132 valence electrons. The van der Waals surface area contributed by atoms with E-state index in [-0.39, 0.29) is 0 Å². The van der Waals surface area contributed by atoms with E-state index >= 15 is 0 Å². The first-order valence-corrected chi connectivity index (χ1v) is 9.68. The molecule has 0 bridgehead atoms. The summed E-state index contributed by atoms with van der Waals surface area (Å²) in [7, 11) is 2.20. The van der Waals surface area contributed by atoms with Crippen LogP contribution in [-0.4, -0.2) is 4.57 Å². The smallest absolute Gasteiger partial charge is 0.0485 e. The van der Waals surface area contributed by atoms with Crippen molar-refractivity contribution in [2.45, 2.75) is 20.3 Å². The van der Waals surface area contributed by atoms with Crippen molar-refractivity contribution in [3.8, 4) is 22.3 Å². The van der Waals surface area contributed by atoms with E-state index in [1.165, 1.54) is 55.2 Å². The number of aromatic nitrogens is 1. The van der Waals surface area contributed by atoms with Crippen LogP contribution in [0, 0.1) is 6.92 Å². The van der Waals surface area contributed by atoms with Crippen LogP contribution in [0.3, 0.4) is 0 Å². The third-order valence-electron chi connectivity index (χ3n) is 5.84. The molecular weight excluding hydrogens is 326 g/mol. The number of fused-ring (bicyclic) bond motifs is 5. The van der Waals surface area contributed by atoms with E-state index in [4.69, 9.17) is 0 Å². The van der Waals surface area contributed by atoms with Crippen molar-refractivity contribution in [3.05, 3.63) is 84.1 Å². The summed E-state index contributed by atoms with van der Waals surface area (Å²) in [5.74, 6) is 0. The Balaban J connectivity index is 2.11. The lowest BCUT2D eigenvalue weighted by molar-refractivity contribution is 0.854. The molecule has 1 heterocycles. The van der Waals surface area contributed by atoms with Crippen LogP contribution in [0.2, 0.25) is 0 Å². The molecule has 0 spiro atoms. The van der Waals surface area contributed by atoms with Gasteiger partial charge in [-0.1, -0.05) is 79.2 Å². The number of rotatable bonds is 2. The van der Waals surface area contributed by atoms with E-state index in [1.54, 1.807) is 0 Å². The highest BCUT2D eigenvalue weighted by Crippen LogP contribution is 2.50. The average molecular weight is 349 g/mol. The SMILES string of the molecule is CCc1c2c3ccc(C)cc3c(-c3ccccc3)c-2c2ccccc2n1C. The Bertz CT molecular complexity index is 1260. The zero-order valence-corrected chi connectivity index (χ0v) is 16.1. The summed E-state index contributed by atoms with van der Waals surface area (Å²) in [6.07, 6.45) is 1.01. The number of hydrogen-bond acceptors (Lipinski definition) is 0. The summed E-state index contributed by atoms with van der Waals surface area (Å²) in [5, 5.41) is 4.06. The molecule has 1 aliphatic carbocycles. The summed E-state index contributed by atoms with van der Waals surface area (Å²) < 4.78 is 2.38. The lowest BCUT2D eigenvalue weighted by Gasteiger charge is -2.19. The Kier molecular flexibility index (Phi) is 3.58. The van der Waals surface area contributed by atoms with Gasteiger partial charge in [-0.25, -0.2) is 0 Å². The van der Waals surface area contributed by atoms with E-state index < -0.39 is 0 Å². The van der Waals surface area contributed by atoms with Crippen LogP contribution in [0.5, 0.6) is 0 Å². The van der Waals surface area contributed by atoms with E-state index in [9.17, 15) is 0 Å². The first-order chi connectivity index (χ1) is 13.2. The van der Waals surface area contributed by atoms with Gasteiger partial charge >= 0.3 is 0 Å². The lowest BCUT2D eigenvalue weighted by atomic mass is 9.93. The van der Waals surface area contributed by atoms with Gasteiger partial charge in [0.15, 0.2) is 0 Å². The molecule has 5 rings (SSSR count). The Labute approximate surface area is 160 Å². The number of aryl methyl sites for hydroxylation is 2. The van der Waals surface area contributed by atoms with Crippen molar-refractivity contribution in [2.24, 2.45) is 7.05 Å². The molecule has 3 aromatic rings. The van der Waals surface area contributed by atoms with Gasteiger partial charge in [0.2, 0.25) is 0 Å². The lowest BCUT2D eigenvalue weighted by Crippen LogP contribution is -2.05. The maximum absolute atomic E-state index is 2.38. The first kappa shape index (κ1) is 16.1. The van der Waals surface area contributed by atoms with Gasteiger partial charge < -0.3 is 4.57 Å². The third kappa shape index (κ3) is 2.24. The molecule has 1 nitrogen and oxygen atoms in total. The van der Waals surface area contributed by atoms with Gasteiger partial charge in [-0.3, -0.25) is 0 Å². The standard InChI is InChI=1S/C26H23N/c1-4-22-25-19-15-14-17(2)16-21(19)24(18-10-6-5-7-11-18)26(25)20-12-8-9-13-23(20)27(22)3/h5-16H,4H2,1-3H3. The highest BCUT2D eigenvalue weighted by Gasteiger charge is 2.25. The minimum Gasteiger partial charge on any atom is -0.347 e. The van der Waals surface area contributed by atoms with Gasteiger partial charge in [0.05, 0.1) is 0 Å². The molecule has 1 heteroatoms. The summed E-state index contributed by atoms with van der Waals surface area (Å²) in [6, 6.07) is 26.6. The fraction of sp³-hybridized carbons (Fsp3) is 0.154. The van der Waals surface area contributed by atoms with Crippen LogP contribution in [0.25, 0.3) is 43.9 Å². The second-order valence-corrected chi connectivity index (χ2v) is 7.42. The monoisotopic (exact) mass is 349 g/mol. The fourth-order valence-corrected chi connectivity index (χ4v) is 4.66. The molecule has 0 saturated heterocycles. The van der Waals surface area contributed by atoms with Gasteiger partial charge in [0, 0.05) is 34.8 Å². The fourth-order valence-electron chi connectivity index (χ4n) is 4.66. The van der Waals surface area contributed by atoms with Crippen molar-refractivity contribution < 1.29 is 0 Å². The average Bonchev–Trinajstić information content (AvgIpc) is 3.03. The molecule has 0 radical (unpaired) electrons. The van der Waals surface area contributed by atoms with Crippen molar-refractivity contribution in [2.75, 3.05) is 0 Å². The number of para-hydroxylation sites is 1. The summed E-state index contributed by atoms with van der Waals surface area (Å²) in [6.45, 7) is 4.45. The number of nitrogens with zero attached hydrogens (tertiary/aromatic N) is 1. The predicted molar refractivity (Wildman–Crippen MR) is 117 cm³/mol. The molecule has 0 saturated carbocycles. The molecule has 0 unspecified atom stereocenters. The molecule has 2 aliphatic rings. The molecule has 0 aromatic heterocycles. The highest BCUT2D eigenvalue weighted by atomic mass is 14.9. The summed E-state index contributed by atoms with van der Waals surface area (Å²) in [5.41, 5.74) is 9.48. The van der Waals surface area contributed by atoms with Gasteiger partial charge in [-0.05, 0) is 41.3 Å². The third-order valence-corrected chi connectivity index (χ3v) is 5.84. The zero-order chi connectivity index (χ0) is 18.5. The van der Waals surface area contributed by atoms with Crippen LogP contribution in [-0.2, 0) is 13.5 Å². The molecule has 27 heavy (non-hydrogen) atoms. The second kappa shape index (κ2) is 5.99. The van der Waals surface area contributed by atoms with Crippen molar-refractivity contribution in [1.29, 1.82) is 0 Å². The Morgan fingerprint density at radius 3 is 2.22 bits per heavy atom. The maximum atomic E-state index is 2.38. The Morgan fingerprint density at radius 1 is 0.704 bits per heavy atom. The summed E-state index contributed by atoms with van der Waals surface area (Å²) in [4.78, 5) is 0. The minimum atomic E-state index is 1.01. The molecule has 0 fully saturated rings. The molecule has 1 aliphatic heterocycles. The Morgan fingerprint density at radius 2 is 1.44 bits per heavy atom. The van der Waals surface area contributed by atoms with Crippen molar-refractivity contribution >= 4 is 21.7 Å². The summed E-state index contributed by atoms with van der Waals surface area (Å²) >= 11 is 0. The number of pyridine rings is 1. The van der Waals surface area contributed by atoms with Crippen molar-refractivity contribution in [3.63, 3.8) is 0 Å². The predicted octanol–water partition coefficient (Wildman–Crippen LogP) is 6.97. The van der Waals surface area contributed by atoms with Gasteiger partial charge in [-0.15, -0.1) is 0 Å². The van der Waals surface area contributed by atoms with E-state index in [1.807, 2.05) is 0 Å². The van der Waals surface area contributed by atoms with Gasteiger partial charge in [-0.2, -0.15) is 0 Å². The number of benzene rings is 3. The maximum Gasteiger partial charge on any atom is 0.0485 e. The van der Waals surface area contributed by atoms with E-state index in [0.717, 1.165) is 6.42 Å². The van der Waals surface area contributed by atoms with Crippen molar-refractivity contribution in [1.82, 2.24) is 4.57 Å². The first-order valence-electron chi connectivity index (χ1n) is 9.68. The molecule has 3 aromatic carbocycles. The van der Waals surface area contributed by atoms with Gasteiger partial charge in [0.25, 0.3) is 0 Å². The van der Waals surface area contributed by atoms with Crippen LogP contribution >= 0.6 is 0 Å². The zero-order valence-electron chi connectivity index (χ0n) is 16.1. The topological polar surface area (TPSA) is 4.93 Å². The highest BCUT2D eigenvalue weighted by molar-refractivity contribution is 6.21. The number of hydrogen-bond donors (Lipinski definition) is 0. The molecular formula is C26H23N. The molecule has 0 atom stereocenters. The van der Waals surface area contributed by atoms with Crippen LogP contribution in [0.1, 0.15) is 18.2 Å². The minimum absolute atomic E-state index is 1.01. The normalized spacial score (nSPS) is 11.7.